The Kier molecular flexibility index (Phi) is 3.49. The minimum atomic E-state index is -0.768. The number of hydrogen-bond acceptors (Lipinski definition) is 6. The molecule has 0 fully saturated rings. The largest absolute Gasteiger partial charge is 0.508 e. The van der Waals surface area contributed by atoms with Crippen LogP contribution in [0.2, 0.25) is 0 Å². The molecular weight excluding hydrogens is 264 g/mol. The number of benzene rings is 2. The van der Waals surface area contributed by atoms with E-state index in [9.17, 15) is 25.2 Å². The van der Waals surface area contributed by atoms with Crippen LogP contribution in [0.1, 0.15) is 21.5 Å². The first-order chi connectivity index (χ1) is 9.42. The summed E-state index contributed by atoms with van der Waals surface area (Å²) < 4.78 is 0. The third-order valence-electron chi connectivity index (χ3n) is 2.73. The maximum absolute atomic E-state index is 12.2. The molecule has 0 unspecified atom stereocenters. The lowest BCUT2D eigenvalue weighted by Gasteiger charge is -2.09. The zero-order chi connectivity index (χ0) is 14.9. The van der Waals surface area contributed by atoms with E-state index in [2.05, 4.69) is 0 Å². The molecule has 20 heavy (non-hydrogen) atoms. The lowest BCUT2D eigenvalue weighted by atomic mass is 9.99. The van der Waals surface area contributed by atoms with Crippen molar-refractivity contribution in [2.45, 2.75) is 6.61 Å². The minimum absolute atomic E-state index is 0.0927. The van der Waals surface area contributed by atoms with Crippen LogP contribution in [0.4, 0.5) is 0 Å². The fourth-order valence-electron chi connectivity index (χ4n) is 1.86. The Morgan fingerprint density at radius 1 is 0.850 bits per heavy atom. The smallest absolute Gasteiger partial charge is 0.200 e. The maximum Gasteiger partial charge on any atom is 0.200 e. The van der Waals surface area contributed by atoms with Gasteiger partial charge in [-0.1, -0.05) is 0 Å². The topological polar surface area (TPSA) is 118 Å². The number of hydrogen-bond donors (Lipinski definition) is 5. The second-order valence-electron chi connectivity index (χ2n) is 4.23. The maximum atomic E-state index is 12.2. The van der Waals surface area contributed by atoms with Gasteiger partial charge in [0.2, 0.25) is 5.78 Å². The van der Waals surface area contributed by atoms with Crippen molar-refractivity contribution in [1.29, 1.82) is 0 Å². The summed E-state index contributed by atoms with van der Waals surface area (Å²) in [5.74, 6) is -2.40. The van der Waals surface area contributed by atoms with Gasteiger partial charge in [-0.15, -0.1) is 0 Å². The Bertz CT molecular complexity index is 634. The standard InChI is InChI=1S/C14H12O6/c15-6-7-1-11(18)13(12(19)2-7)14(20)8-3-9(16)5-10(17)4-8/h1-5,15-19H,6H2. The zero-order valence-corrected chi connectivity index (χ0v) is 10.2. The molecule has 0 amide bonds. The fourth-order valence-corrected chi connectivity index (χ4v) is 1.86. The molecule has 0 atom stereocenters. The van der Waals surface area contributed by atoms with Crippen LogP contribution in [0.25, 0.3) is 0 Å². The number of aromatic hydroxyl groups is 4. The third kappa shape index (κ3) is 2.50. The Balaban J connectivity index is 2.53. The lowest BCUT2D eigenvalue weighted by Crippen LogP contribution is -2.03. The molecule has 0 aliphatic heterocycles. The van der Waals surface area contributed by atoms with Crippen LogP contribution in [0.3, 0.4) is 0 Å². The molecule has 6 nitrogen and oxygen atoms in total. The number of rotatable bonds is 3. The molecule has 0 saturated carbocycles. The van der Waals surface area contributed by atoms with Crippen molar-refractivity contribution in [3.63, 3.8) is 0 Å². The molecule has 2 aromatic rings. The van der Waals surface area contributed by atoms with E-state index in [0.29, 0.717) is 0 Å². The fraction of sp³-hybridized carbons (Fsp3) is 0.0714. The summed E-state index contributed by atoms with van der Waals surface area (Å²) in [6.07, 6.45) is 0. The van der Waals surface area contributed by atoms with E-state index in [-0.39, 0.29) is 28.2 Å². The molecular formula is C14H12O6. The summed E-state index contributed by atoms with van der Waals surface area (Å²) in [5.41, 5.74) is -0.215. The van der Waals surface area contributed by atoms with Crippen molar-refractivity contribution >= 4 is 5.78 Å². The van der Waals surface area contributed by atoms with E-state index in [1.54, 1.807) is 0 Å². The average molecular weight is 276 g/mol. The zero-order valence-electron chi connectivity index (χ0n) is 10.2. The van der Waals surface area contributed by atoms with Gasteiger partial charge in [0.15, 0.2) is 0 Å². The predicted molar refractivity (Wildman–Crippen MR) is 68.9 cm³/mol. The number of ketones is 1. The van der Waals surface area contributed by atoms with Gasteiger partial charge in [-0.25, -0.2) is 0 Å². The molecule has 0 aliphatic rings. The van der Waals surface area contributed by atoms with Gasteiger partial charge in [0.1, 0.15) is 28.6 Å². The van der Waals surface area contributed by atoms with Crippen LogP contribution >= 0.6 is 0 Å². The molecule has 2 rings (SSSR count). The monoisotopic (exact) mass is 276 g/mol. The van der Waals surface area contributed by atoms with Gasteiger partial charge < -0.3 is 25.5 Å². The number of carbonyl (C=O) groups is 1. The highest BCUT2D eigenvalue weighted by Crippen LogP contribution is 2.32. The second kappa shape index (κ2) is 5.10. The summed E-state index contributed by atoms with van der Waals surface area (Å²) in [6.45, 7) is -0.400. The predicted octanol–water partition coefficient (Wildman–Crippen LogP) is 1.23. The third-order valence-corrected chi connectivity index (χ3v) is 2.73. The van der Waals surface area contributed by atoms with Gasteiger partial charge in [0, 0.05) is 11.6 Å². The number of phenolic OH excluding ortho intramolecular Hbond substituents is 4. The second-order valence-corrected chi connectivity index (χ2v) is 4.23. The Hall–Kier alpha value is -2.73. The highest BCUT2D eigenvalue weighted by atomic mass is 16.3. The normalized spacial score (nSPS) is 10.4. The van der Waals surface area contributed by atoms with Crippen LogP contribution in [0.5, 0.6) is 23.0 Å². The molecule has 6 heteroatoms. The van der Waals surface area contributed by atoms with E-state index in [4.69, 9.17) is 5.11 Å². The van der Waals surface area contributed by atoms with Crippen molar-refractivity contribution in [3.8, 4) is 23.0 Å². The number of aliphatic hydroxyl groups excluding tert-OH is 1. The van der Waals surface area contributed by atoms with Crippen LogP contribution < -0.4 is 0 Å². The SMILES string of the molecule is O=C(c1cc(O)cc(O)c1)c1c(O)cc(CO)cc1O. The number of carbonyl (C=O) groups excluding carboxylic acids is 1. The van der Waals surface area contributed by atoms with E-state index >= 15 is 0 Å². The first kappa shape index (κ1) is 13.7. The number of phenols is 4. The summed E-state index contributed by atoms with van der Waals surface area (Å²) in [6, 6.07) is 5.54. The van der Waals surface area contributed by atoms with E-state index in [1.807, 2.05) is 0 Å². The summed E-state index contributed by atoms with van der Waals surface area (Å²) in [5, 5.41) is 47.1. The van der Waals surface area contributed by atoms with Crippen molar-refractivity contribution < 1.29 is 30.3 Å². The molecule has 104 valence electrons. The van der Waals surface area contributed by atoms with Crippen LogP contribution in [0, 0.1) is 0 Å². The molecule has 0 aromatic heterocycles. The van der Waals surface area contributed by atoms with Gasteiger partial charge >= 0.3 is 0 Å². The van der Waals surface area contributed by atoms with Gasteiger partial charge in [0.25, 0.3) is 0 Å². The van der Waals surface area contributed by atoms with Crippen molar-refractivity contribution in [2.24, 2.45) is 0 Å². The van der Waals surface area contributed by atoms with Crippen LogP contribution in [-0.4, -0.2) is 31.3 Å². The Morgan fingerprint density at radius 3 is 1.80 bits per heavy atom. The van der Waals surface area contributed by atoms with Crippen molar-refractivity contribution in [2.75, 3.05) is 0 Å². The number of aliphatic hydroxyl groups is 1. The van der Waals surface area contributed by atoms with Crippen molar-refractivity contribution in [3.05, 3.63) is 47.0 Å². The van der Waals surface area contributed by atoms with E-state index in [0.717, 1.165) is 30.3 Å². The molecule has 0 aliphatic carbocycles. The minimum Gasteiger partial charge on any atom is -0.508 e. The molecule has 0 heterocycles. The van der Waals surface area contributed by atoms with Gasteiger partial charge in [0.05, 0.1) is 6.61 Å². The summed E-state index contributed by atoms with van der Waals surface area (Å²) in [4.78, 5) is 12.2. The average Bonchev–Trinajstić information content (AvgIpc) is 2.36. The molecule has 0 bridgehead atoms. The summed E-state index contributed by atoms with van der Waals surface area (Å²) >= 11 is 0. The van der Waals surface area contributed by atoms with Crippen LogP contribution in [0.15, 0.2) is 30.3 Å². The van der Waals surface area contributed by atoms with Gasteiger partial charge in [-0.05, 0) is 29.8 Å². The highest BCUT2D eigenvalue weighted by Gasteiger charge is 2.20. The summed E-state index contributed by atoms with van der Waals surface area (Å²) in [7, 11) is 0. The van der Waals surface area contributed by atoms with Gasteiger partial charge in [-0.2, -0.15) is 0 Å². The van der Waals surface area contributed by atoms with Crippen LogP contribution in [-0.2, 0) is 6.61 Å². The highest BCUT2D eigenvalue weighted by molar-refractivity contribution is 6.12. The molecule has 0 saturated heterocycles. The van der Waals surface area contributed by atoms with E-state index < -0.39 is 23.9 Å². The Morgan fingerprint density at radius 2 is 1.35 bits per heavy atom. The molecule has 5 N–H and O–H groups in total. The lowest BCUT2D eigenvalue weighted by molar-refractivity contribution is 0.103. The van der Waals surface area contributed by atoms with Crippen molar-refractivity contribution in [1.82, 2.24) is 0 Å². The Labute approximate surface area is 113 Å². The van der Waals surface area contributed by atoms with E-state index in [1.165, 1.54) is 0 Å². The molecule has 0 radical (unpaired) electrons. The quantitative estimate of drug-likeness (QED) is 0.538. The van der Waals surface area contributed by atoms with Gasteiger partial charge in [-0.3, -0.25) is 4.79 Å². The molecule has 0 spiro atoms. The first-order valence-corrected chi connectivity index (χ1v) is 5.66. The first-order valence-electron chi connectivity index (χ1n) is 5.66. The molecule has 2 aromatic carbocycles.